The van der Waals surface area contributed by atoms with Gasteiger partial charge in [-0.2, -0.15) is 0 Å². The van der Waals surface area contributed by atoms with Gasteiger partial charge in [0, 0.05) is 19.2 Å². The lowest BCUT2D eigenvalue weighted by molar-refractivity contribution is -0.834. The molecule has 0 aromatic rings. The van der Waals surface area contributed by atoms with Gasteiger partial charge in [-0.15, -0.1) is 0 Å². The fourth-order valence-electron chi connectivity index (χ4n) is 1.33. The van der Waals surface area contributed by atoms with Crippen LogP contribution in [0.5, 0.6) is 0 Å². The van der Waals surface area contributed by atoms with Gasteiger partial charge >= 0.3 is 5.91 Å². The van der Waals surface area contributed by atoms with E-state index < -0.39 is 0 Å². The third-order valence-corrected chi connectivity index (χ3v) is 2.27. The van der Waals surface area contributed by atoms with Crippen molar-refractivity contribution in [3.8, 4) is 0 Å². The third kappa shape index (κ3) is 1.67. The average Bonchev–Trinajstić information content (AvgIpc) is 2.04. The number of likely N-dealkylation sites (N-methyl/N-ethyl adjacent to an activating group) is 1. The predicted octanol–water partition coefficient (Wildman–Crippen LogP) is -0.251. The number of hydrogen-bond acceptors (Lipinski definition) is 2. The van der Waals surface area contributed by atoms with Crippen molar-refractivity contribution in [2.24, 2.45) is 0 Å². The van der Waals surface area contributed by atoms with Crippen molar-refractivity contribution >= 4 is 5.91 Å². The van der Waals surface area contributed by atoms with Crippen LogP contribution in [0, 0.1) is 0 Å². The van der Waals surface area contributed by atoms with Crippen LogP contribution in [0.2, 0.25) is 0 Å². The predicted molar refractivity (Wildman–Crippen MR) is 44.0 cm³/mol. The highest BCUT2D eigenvalue weighted by molar-refractivity contribution is 5.80. The fraction of sp³-hybridized carbons (Fsp3) is 0.625. The highest BCUT2D eigenvalue weighted by Crippen LogP contribution is 2.05. The van der Waals surface area contributed by atoms with Crippen LogP contribution in [-0.2, 0) is 4.79 Å². The standard InChI is InChI=1S/C8H15N2O/c1-3-8(11)10(2)6-4-9-5-7-10/h3,9H,1,4-7H2,2H3/q+1. The van der Waals surface area contributed by atoms with Crippen molar-refractivity contribution in [3.63, 3.8) is 0 Å². The van der Waals surface area contributed by atoms with E-state index in [1.807, 2.05) is 7.05 Å². The van der Waals surface area contributed by atoms with Crippen LogP contribution in [0.4, 0.5) is 0 Å². The molecule has 1 aliphatic rings. The molecule has 0 aliphatic carbocycles. The van der Waals surface area contributed by atoms with E-state index in [0.29, 0.717) is 4.48 Å². The van der Waals surface area contributed by atoms with Crippen LogP contribution in [0.25, 0.3) is 0 Å². The van der Waals surface area contributed by atoms with Crippen LogP contribution >= 0.6 is 0 Å². The Labute approximate surface area is 67.3 Å². The summed E-state index contributed by atoms with van der Waals surface area (Å²) < 4.78 is 0.510. The number of amides is 1. The Bertz CT molecular complexity index is 171. The molecule has 0 saturated carbocycles. The highest BCUT2D eigenvalue weighted by atomic mass is 16.2. The van der Waals surface area contributed by atoms with E-state index in [9.17, 15) is 4.79 Å². The van der Waals surface area contributed by atoms with E-state index in [-0.39, 0.29) is 5.91 Å². The van der Waals surface area contributed by atoms with Gasteiger partial charge in [-0.1, -0.05) is 6.58 Å². The topological polar surface area (TPSA) is 29.1 Å². The molecule has 0 unspecified atom stereocenters. The summed E-state index contributed by atoms with van der Waals surface area (Å²) in [5, 5.41) is 3.22. The molecule has 1 aliphatic heterocycles. The molecule has 62 valence electrons. The van der Waals surface area contributed by atoms with E-state index in [1.54, 1.807) is 0 Å². The van der Waals surface area contributed by atoms with Crippen LogP contribution in [0.3, 0.4) is 0 Å². The van der Waals surface area contributed by atoms with Gasteiger partial charge in [0.2, 0.25) is 0 Å². The lowest BCUT2D eigenvalue weighted by Crippen LogP contribution is -2.58. The van der Waals surface area contributed by atoms with E-state index in [0.717, 1.165) is 26.2 Å². The second-order valence-electron chi connectivity index (χ2n) is 3.14. The maximum Gasteiger partial charge on any atom is 0.337 e. The minimum atomic E-state index is 0.131. The first-order valence-corrected chi connectivity index (χ1v) is 3.91. The highest BCUT2D eigenvalue weighted by Gasteiger charge is 2.30. The van der Waals surface area contributed by atoms with Gasteiger partial charge in [0.1, 0.15) is 0 Å². The summed E-state index contributed by atoms with van der Waals surface area (Å²) in [6, 6.07) is 0. The smallest absolute Gasteiger partial charge is 0.306 e. The Morgan fingerprint density at radius 3 is 2.55 bits per heavy atom. The Hall–Kier alpha value is -0.670. The van der Waals surface area contributed by atoms with Gasteiger partial charge in [-0.05, 0) is 0 Å². The van der Waals surface area contributed by atoms with Gasteiger partial charge in [-0.25, -0.2) is 4.79 Å². The van der Waals surface area contributed by atoms with Gasteiger partial charge in [0.05, 0.1) is 20.1 Å². The van der Waals surface area contributed by atoms with E-state index in [1.165, 1.54) is 6.08 Å². The summed E-state index contributed by atoms with van der Waals surface area (Å²) >= 11 is 0. The molecule has 0 atom stereocenters. The molecule has 0 radical (unpaired) electrons. The van der Waals surface area contributed by atoms with Crippen molar-refractivity contribution < 1.29 is 9.28 Å². The second kappa shape index (κ2) is 3.15. The first-order chi connectivity index (χ1) is 5.19. The molecule has 3 nitrogen and oxygen atoms in total. The first kappa shape index (κ1) is 8.43. The molecule has 11 heavy (non-hydrogen) atoms. The van der Waals surface area contributed by atoms with Crippen LogP contribution in [0.15, 0.2) is 12.7 Å². The minimum Gasteiger partial charge on any atom is -0.306 e. The monoisotopic (exact) mass is 155 g/mol. The zero-order valence-electron chi connectivity index (χ0n) is 6.97. The Morgan fingerprint density at radius 1 is 1.55 bits per heavy atom. The minimum absolute atomic E-state index is 0.131. The first-order valence-electron chi connectivity index (χ1n) is 3.91. The zero-order valence-corrected chi connectivity index (χ0v) is 6.97. The van der Waals surface area contributed by atoms with Crippen molar-refractivity contribution in [3.05, 3.63) is 12.7 Å². The number of hydrogen-bond donors (Lipinski definition) is 1. The maximum absolute atomic E-state index is 11.3. The molecule has 1 heterocycles. The molecular weight excluding hydrogens is 140 g/mol. The summed E-state index contributed by atoms with van der Waals surface area (Å²) in [6.45, 7) is 7.11. The fourth-order valence-corrected chi connectivity index (χ4v) is 1.33. The Kier molecular flexibility index (Phi) is 2.42. The number of carbonyl (C=O) groups is 1. The number of quaternary nitrogens is 1. The number of rotatable bonds is 1. The van der Waals surface area contributed by atoms with Gasteiger partial charge in [0.25, 0.3) is 0 Å². The number of carbonyl (C=O) groups excluding carboxylic acids is 1. The molecule has 0 spiro atoms. The van der Waals surface area contributed by atoms with E-state index >= 15 is 0 Å². The summed E-state index contributed by atoms with van der Waals surface area (Å²) in [5.74, 6) is 0.131. The SMILES string of the molecule is C=CC(=O)[N+]1(C)CCNCC1. The molecule has 1 N–H and O–H groups in total. The molecular formula is C8H15N2O+. The average molecular weight is 155 g/mol. The van der Waals surface area contributed by atoms with E-state index in [2.05, 4.69) is 11.9 Å². The molecule has 1 fully saturated rings. The largest absolute Gasteiger partial charge is 0.337 e. The zero-order chi connectivity index (χ0) is 8.32. The maximum atomic E-state index is 11.3. The molecule has 1 rings (SSSR count). The van der Waals surface area contributed by atoms with Crippen molar-refractivity contribution in [2.75, 3.05) is 33.2 Å². The quantitative estimate of drug-likeness (QED) is 0.418. The molecule has 1 amide bonds. The lowest BCUT2D eigenvalue weighted by atomic mass is 10.3. The third-order valence-electron chi connectivity index (χ3n) is 2.27. The molecule has 0 bridgehead atoms. The van der Waals surface area contributed by atoms with Crippen LogP contribution in [0.1, 0.15) is 0 Å². The van der Waals surface area contributed by atoms with Gasteiger partial charge < -0.3 is 5.32 Å². The molecule has 0 aromatic carbocycles. The molecule has 0 aromatic heterocycles. The van der Waals surface area contributed by atoms with E-state index in [4.69, 9.17) is 0 Å². The Morgan fingerprint density at radius 2 is 2.09 bits per heavy atom. The van der Waals surface area contributed by atoms with Crippen molar-refractivity contribution in [1.29, 1.82) is 0 Å². The number of nitrogens with zero attached hydrogens (tertiary/aromatic N) is 1. The number of nitrogens with one attached hydrogen (secondary N) is 1. The summed E-state index contributed by atoms with van der Waals surface area (Å²) in [7, 11) is 1.96. The molecule has 3 heteroatoms. The van der Waals surface area contributed by atoms with Crippen molar-refractivity contribution in [1.82, 2.24) is 5.32 Å². The summed E-state index contributed by atoms with van der Waals surface area (Å²) in [5.41, 5.74) is 0. The molecule has 1 saturated heterocycles. The van der Waals surface area contributed by atoms with Crippen LogP contribution in [-0.4, -0.2) is 43.6 Å². The number of piperazine rings is 1. The van der Waals surface area contributed by atoms with Gasteiger partial charge in [-0.3, -0.25) is 4.48 Å². The summed E-state index contributed by atoms with van der Waals surface area (Å²) in [4.78, 5) is 11.3. The second-order valence-corrected chi connectivity index (χ2v) is 3.14. The van der Waals surface area contributed by atoms with Gasteiger partial charge in [0.15, 0.2) is 0 Å². The van der Waals surface area contributed by atoms with Crippen molar-refractivity contribution in [2.45, 2.75) is 0 Å². The Balaban J connectivity index is 2.63. The normalized spacial score (nSPS) is 22.6. The van der Waals surface area contributed by atoms with Crippen LogP contribution < -0.4 is 5.32 Å². The lowest BCUT2D eigenvalue weighted by Gasteiger charge is -2.34. The summed E-state index contributed by atoms with van der Waals surface area (Å²) in [6.07, 6.45) is 1.42.